The van der Waals surface area contributed by atoms with Gasteiger partial charge in [-0.05, 0) is 50.9 Å². The van der Waals surface area contributed by atoms with E-state index in [1.807, 2.05) is 11.2 Å². The molecule has 1 atom stereocenters. The zero-order valence-corrected chi connectivity index (χ0v) is 14.5. The zero-order chi connectivity index (χ0) is 16.4. The minimum absolute atomic E-state index is 0.0867. The fourth-order valence-corrected chi connectivity index (χ4v) is 4.19. The van der Waals surface area contributed by atoms with Crippen molar-refractivity contribution in [3.05, 3.63) is 12.2 Å². The number of carbonyl (C=O) groups is 1. The summed E-state index contributed by atoms with van der Waals surface area (Å²) in [6.07, 6.45) is 13.8. The van der Waals surface area contributed by atoms with Gasteiger partial charge in [0.2, 0.25) is 0 Å². The summed E-state index contributed by atoms with van der Waals surface area (Å²) >= 11 is 0. The molecule has 1 aliphatic heterocycles. The molecule has 2 aliphatic carbocycles. The lowest BCUT2D eigenvalue weighted by Crippen LogP contribution is -2.49. The van der Waals surface area contributed by atoms with Crippen LogP contribution in [0.4, 0.5) is 4.79 Å². The number of carbonyl (C=O) groups excluding carboxylic acids is 1. The van der Waals surface area contributed by atoms with E-state index in [1.54, 1.807) is 0 Å². The molecule has 0 bridgehead atoms. The molecule has 3 aliphatic rings. The Balaban J connectivity index is 1.46. The average molecular weight is 331 g/mol. The summed E-state index contributed by atoms with van der Waals surface area (Å²) in [5, 5.41) is 11.8. The molecule has 132 valence electrons. The van der Waals surface area contributed by atoms with Crippen LogP contribution in [0.25, 0.3) is 0 Å². The van der Waals surface area contributed by atoms with Crippen LogP contribution in [0.15, 0.2) is 6.33 Å². The standard InChI is InChI=1S/C18H29N5O/c24-18(20-15-6-2-1-3-7-15)23-11-5-4-8-16(23)17-21-19-13-22(17)12-14-9-10-14/h13-16H,1-12H2,(H,20,24). The number of nitrogens with one attached hydrogen (secondary N) is 1. The maximum absolute atomic E-state index is 12.9. The van der Waals surface area contributed by atoms with E-state index in [0.29, 0.717) is 6.04 Å². The van der Waals surface area contributed by atoms with Crippen LogP contribution in [0.5, 0.6) is 0 Å². The molecular formula is C18H29N5O. The van der Waals surface area contributed by atoms with Gasteiger partial charge in [-0.2, -0.15) is 0 Å². The van der Waals surface area contributed by atoms with E-state index in [4.69, 9.17) is 0 Å². The molecule has 1 aromatic rings. The van der Waals surface area contributed by atoms with E-state index in [2.05, 4.69) is 20.1 Å². The summed E-state index contributed by atoms with van der Waals surface area (Å²) in [6.45, 7) is 1.84. The number of rotatable bonds is 4. The predicted molar refractivity (Wildman–Crippen MR) is 91.4 cm³/mol. The lowest BCUT2D eigenvalue weighted by Gasteiger charge is -2.36. The van der Waals surface area contributed by atoms with E-state index < -0.39 is 0 Å². The quantitative estimate of drug-likeness (QED) is 0.921. The first kappa shape index (κ1) is 15.9. The van der Waals surface area contributed by atoms with Crippen LogP contribution >= 0.6 is 0 Å². The summed E-state index contributed by atoms with van der Waals surface area (Å²) in [6, 6.07) is 0.550. The molecule has 1 unspecified atom stereocenters. The molecule has 0 radical (unpaired) electrons. The van der Waals surface area contributed by atoms with Crippen molar-refractivity contribution in [2.75, 3.05) is 6.54 Å². The number of urea groups is 1. The minimum Gasteiger partial charge on any atom is -0.335 e. The van der Waals surface area contributed by atoms with Gasteiger partial charge in [-0.3, -0.25) is 0 Å². The monoisotopic (exact) mass is 331 g/mol. The van der Waals surface area contributed by atoms with Crippen LogP contribution in [-0.2, 0) is 6.54 Å². The van der Waals surface area contributed by atoms with E-state index in [-0.39, 0.29) is 12.1 Å². The van der Waals surface area contributed by atoms with Crippen molar-refractivity contribution in [3.63, 3.8) is 0 Å². The number of nitrogens with zero attached hydrogens (tertiary/aromatic N) is 4. The molecule has 2 saturated carbocycles. The van der Waals surface area contributed by atoms with Gasteiger partial charge in [0.1, 0.15) is 6.33 Å². The minimum atomic E-state index is 0.0867. The molecule has 2 amide bonds. The largest absolute Gasteiger partial charge is 0.335 e. The van der Waals surface area contributed by atoms with E-state index in [9.17, 15) is 4.79 Å². The summed E-state index contributed by atoms with van der Waals surface area (Å²) in [7, 11) is 0. The summed E-state index contributed by atoms with van der Waals surface area (Å²) in [5.74, 6) is 1.77. The van der Waals surface area contributed by atoms with Gasteiger partial charge in [-0.25, -0.2) is 4.79 Å². The Bertz CT molecular complexity index is 562. The molecule has 6 nitrogen and oxygen atoms in total. The van der Waals surface area contributed by atoms with E-state index >= 15 is 0 Å². The van der Waals surface area contributed by atoms with Crippen molar-refractivity contribution in [2.45, 2.75) is 82.8 Å². The molecule has 2 heterocycles. The van der Waals surface area contributed by atoms with Crippen LogP contribution in [0, 0.1) is 5.92 Å². The van der Waals surface area contributed by atoms with Gasteiger partial charge in [0.05, 0.1) is 6.04 Å². The van der Waals surface area contributed by atoms with Gasteiger partial charge in [-0.15, -0.1) is 10.2 Å². The van der Waals surface area contributed by atoms with E-state index in [1.165, 1.54) is 32.1 Å². The Morgan fingerprint density at radius 3 is 2.67 bits per heavy atom. The van der Waals surface area contributed by atoms with Gasteiger partial charge < -0.3 is 14.8 Å². The van der Waals surface area contributed by atoms with Gasteiger partial charge in [-0.1, -0.05) is 19.3 Å². The average Bonchev–Trinajstić information content (AvgIpc) is 3.31. The third-order valence-corrected chi connectivity index (χ3v) is 5.79. The predicted octanol–water partition coefficient (Wildman–Crippen LogP) is 3.26. The SMILES string of the molecule is O=C(NC1CCCCC1)N1CCCCC1c1nncn1CC1CC1. The van der Waals surface area contributed by atoms with E-state index in [0.717, 1.165) is 56.9 Å². The van der Waals surface area contributed by atoms with Crippen LogP contribution < -0.4 is 5.32 Å². The summed E-state index contributed by atoms with van der Waals surface area (Å²) in [5.41, 5.74) is 0. The number of likely N-dealkylation sites (tertiary alicyclic amines) is 1. The van der Waals surface area contributed by atoms with Crippen molar-refractivity contribution in [1.82, 2.24) is 25.0 Å². The molecule has 4 rings (SSSR count). The molecule has 24 heavy (non-hydrogen) atoms. The maximum Gasteiger partial charge on any atom is 0.318 e. The van der Waals surface area contributed by atoms with Crippen LogP contribution in [0.1, 0.15) is 76.1 Å². The van der Waals surface area contributed by atoms with Crippen LogP contribution in [-0.4, -0.2) is 38.3 Å². The van der Waals surface area contributed by atoms with Crippen molar-refractivity contribution in [3.8, 4) is 0 Å². The van der Waals surface area contributed by atoms with Crippen molar-refractivity contribution in [2.24, 2.45) is 5.92 Å². The Kier molecular flexibility index (Phi) is 4.72. The van der Waals surface area contributed by atoms with Crippen molar-refractivity contribution in [1.29, 1.82) is 0 Å². The second kappa shape index (κ2) is 7.11. The Morgan fingerprint density at radius 1 is 1.08 bits per heavy atom. The molecular weight excluding hydrogens is 302 g/mol. The Labute approximate surface area is 144 Å². The summed E-state index contributed by atoms with van der Waals surface area (Å²) in [4.78, 5) is 14.9. The Hall–Kier alpha value is -1.59. The molecule has 0 aromatic carbocycles. The number of hydrogen-bond acceptors (Lipinski definition) is 3. The lowest BCUT2D eigenvalue weighted by molar-refractivity contribution is 0.140. The van der Waals surface area contributed by atoms with Crippen LogP contribution in [0.2, 0.25) is 0 Å². The first-order chi connectivity index (χ1) is 11.8. The summed E-state index contributed by atoms with van der Waals surface area (Å²) < 4.78 is 2.19. The zero-order valence-electron chi connectivity index (χ0n) is 14.5. The molecule has 6 heteroatoms. The van der Waals surface area contributed by atoms with Gasteiger partial charge in [0.15, 0.2) is 5.82 Å². The van der Waals surface area contributed by atoms with Gasteiger partial charge in [0, 0.05) is 19.1 Å². The fraction of sp³-hybridized carbons (Fsp3) is 0.833. The fourth-order valence-electron chi connectivity index (χ4n) is 4.19. The van der Waals surface area contributed by atoms with Crippen LogP contribution in [0.3, 0.4) is 0 Å². The second-order valence-electron chi connectivity index (χ2n) is 7.77. The number of amides is 2. The van der Waals surface area contributed by atoms with Gasteiger partial charge >= 0.3 is 6.03 Å². The third-order valence-electron chi connectivity index (χ3n) is 5.79. The second-order valence-corrected chi connectivity index (χ2v) is 7.77. The highest BCUT2D eigenvalue weighted by Crippen LogP contribution is 2.34. The Morgan fingerprint density at radius 2 is 1.88 bits per heavy atom. The van der Waals surface area contributed by atoms with Crippen molar-refractivity contribution >= 4 is 6.03 Å². The molecule has 1 N–H and O–H groups in total. The first-order valence-corrected chi connectivity index (χ1v) is 9.76. The topological polar surface area (TPSA) is 63.1 Å². The third kappa shape index (κ3) is 3.57. The lowest BCUT2D eigenvalue weighted by atomic mass is 9.95. The highest BCUT2D eigenvalue weighted by Gasteiger charge is 2.33. The highest BCUT2D eigenvalue weighted by molar-refractivity contribution is 5.75. The highest BCUT2D eigenvalue weighted by atomic mass is 16.2. The number of hydrogen-bond donors (Lipinski definition) is 1. The smallest absolute Gasteiger partial charge is 0.318 e. The number of piperidine rings is 1. The first-order valence-electron chi connectivity index (χ1n) is 9.76. The number of aromatic nitrogens is 3. The molecule has 1 saturated heterocycles. The molecule has 0 spiro atoms. The molecule has 3 fully saturated rings. The van der Waals surface area contributed by atoms with Crippen molar-refractivity contribution < 1.29 is 4.79 Å². The maximum atomic E-state index is 12.9. The molecule has 1 aromatic heterocycles. The van der Waals surface area contributed by atoms with Gasteiger partial charge in [0.25, 0.3) is 0 Å². The normalized spacial score (nSPS) is 25.7.